The molecule has 1 aliphatic rings. The number of hydrogen-bond donors (Lipinski definition) is 0. The molecule has 29 heavy (non-hydrogen) atoms. The summed E-state index contributed by atoms with van der Waals surface area (Å²) >= 11 is 7.34. The summed E-state index contributed by atoms with van der Waals surface area (Å²) < 4.78 is 50.4. The Morgan fingerprint density at radius 1 is 1.34 bits per heavy atom. The first-order valence-corrected chi connectivity index (χ1v) is 9.82. The Balaban J connectivity index is 2.10. The molecule has 7 nitrogen and oxygen atoms in total. The Labute approximate surface area is 173 Å². The molecule has 0 spiro atoms. The summed E-state index contributed by atoms with van der Waals surface area (Å²) in [4.78, 5) is 26.4. The fourth-order valence-corrected chi connectivity index (χ4v) is 3.35. The third kappa shape index (κ3) is 5.92. The van der Waals surface area contributed by atoms with Crippen LogP contribution in [0.1, 0.15) is 16.7 Å². The normalized spacial score (nSPS) is 15.8. The van der Waals surface area contributed by atoms with Gasteiger partial charge in [0.05, 0.1) is 5.57 Å². The molecule has 0 radical (unpaired) electrons. The topological polar surface area (TPSA) is 87.9 Å². The van der Waals surface area contributed by atoms with E-state index >= 15 is 0 Å². The van der Waals surface area contributed by atoms with Crippen LogP contribution >= 0.6 is 23.4 Å². The molecular weight excluding hydrogens is 439 g/mol. The third-order valence-corrected chi connectivity index (χ3v) is 5.43. The molecule has 1 aromatic rings. The minimum Gasteiger partial charge on any atom is -0.475 e. The summed E-state index contributed by atoms with van der Waals surface area (Å²) in [5, 5.41) is 9.44. The third-order valence-electron chi connectivity index (χ3n) is 3.94. The molecule has 0 amide bonds. The van der Waals surface area contributed by atoms with Crippen molar-refractivity contribution >= 4 is 35.4 Å². The van der Waals surface area contributed by atoms with Crippen molar-refractivity contribution in [2.75, 3.05) is 24.7 Å². The Hall–Kier alpha value is -2.14. The predicted molar refractivity (Wildman–Crippen MR) is 101 cm³/mol. The highest BCUT2D eigenvalue weighted by Gasteiger charge is 2.49. The second-order valence-corrected chi connectivity index (χ2v) is 7.59. The number of benzene rings is 1. The standard InChI is InChI=1S/C17H17ClF3NO6S/c1-9-7-13-11(10(2)14(9)18)8-12(15(28-13)17(19,20)21)16(23)26-3-5-29-6-4-27-22(24)25/h7-8,15H,3-6H2,1-2H3. The van der Waals surface area contributed by atoms with E-state index in [0.29, 0.717) is 21.7 Å². The average molecular weight is 456 g/mol. The zero-order chi connectivity index (χ0) is 21.8. The maximum absolute atomic E-state index is 13.4. The van der Waals surface area contributed by atoms with Gasteiger partial charge in [-0.25, -0.2) is 4.79 Å². The molecule has 0 aliphatic carbocycles. The van der Waals surface area contributed by atoms with Gasteiger partial charge in [-0.2, -0.15) is 24.9 Å². The highest BCUT2D eigenvalue weighted by Crippen LogP contribution is 2.41. The van der Waals surface area contributed by atoms with Gasteiger partial charge in [-0.3, -0.25) is 0 Å². The average Bonchev–Trinajstić information content (AvgIpc) is 2.63. The van der Waals surface area contributed by atoms with Crippen LogP contribution in [-0.4, -0.2) is 48.1 Å². The van der Waals surface area contributed by atoms with E-state index in [1.54, 1.807) is 13.8 Å². The highest BCUT2D eigenvalue weighted by molar-refractivity contribution is 7.99. The number of ether oxygens (including phenoxy) is 2. The lowest BCUT2D eigenvalue weighted by atomic mass is 9.96. The van der Waals surface area contributed by atoms with E-state index < -0.39 is 28.9 Å². The van der Waals surface area contributed by atoms with Crippen molar-refractivity contribution in [3.05, 3.63) is 43.5 Å². The zero-order valence-corrected chi connectivity index (χ0v) is 16.9. The Morgan fingerprint density at radius 3 is 2.62 bits per heavy atom. The van der Waals surface area contributed by atoms with E-state index in [1.807, 2.05) is 0 Å². The van der Waals surface area contributed by atoms with Gasteiger partial charge in [0, 0.05) is 22.1 Å². The largest absolute Gasteiger partial charge is 0.475 e. The number of hydrogen-bond acceptors (Lipinski definition) is 7. The van der Waals surface area contributed by atoms with Gasteiger partial charge in [0.2, 0.25) is 6.10 Å². The van der Waals surface area contributed by atoms with Crippen molar-refractivity contribution in [1.29, 1.82) is 0 Å². The SMILES string of the molecule is Cc1cc2c(c(C)c1Cl)C=C(C(=O)OCCSCCO[N+](=O)[O-])C(C(F)(F)F)O2. The first-order chi connectivity index (χ1) is 13.5. The molecule has 1 atom stereocenters. The zero-order valence-electron chi connectivity index (χ0n) is 15.4. The number of aryl methyl sites for hydroxylation is 1. The van der Waals surface area contributed by atoms with E-state index in [2.05, 4.69) is 4.84 Å². The number of carbonyl (C=O) groups is 1. The van der Waals surface area contributed by atoms with Gasteiger partial charge in [0.15, 0.2) is 0 Å². The smallest absolute Gasteiger partial charge is 0.430 e. The summed E-state index contributed by atoms with van der Waals surface area (Å²) in [7, 11) is 0. The second kappa shape index (κ2) is 9.57. The van der Waals surface area contributed by atoms with Crippen molar-refractivity contribution in [2.45, 2.75) is 26.1 Å². The number of esters is 1. The number of carbonyl (C=O) groups excluding carboxylic acids is 1. The van der Waals surface area contributed by atoms with Crippen LogP contribution in [0.4, 0.5) is 13.2 Å². The van der Waals surface area contributed by atoms with Crippen molar-refractivity contribution in [1.82, 2.24) is 0 Å². The molecule has 1 aromatic carbocycles. The van der Waals surface area contributed by atoms with Crippen LogP contribution in [0.25, 0.3) is 6.08 Å². The summed E-state index contributed by atoms with van der Waals surface area (Å²) in [6, 6.07) is 1.39. The van der Waals surface area contributed by atoms with Gasteiger partial charge < -0.3 is 14.3 Å². The fourth-order valence-electron chi connectivity index (χ4n) is 2.59. The van der Waals surface area contributed by atoms with E-state index in [4.69, 9.17) is 21.1 Å². The molecule has 0 N–H and O–H groups in total. The molecule has 2 rings (SSSR count). The first kappa shape index (κ1) is 23.1. The van der Waals surface area contributed by atoms with Crippen LogP contribution in [0.3, 0.4) is 0 Å². The molecule has 12 heteroatoms. The van der Waals surface area contributed by atoms with Crippen molar-refractivity contribution in [2.24, 2.45) is 0 Å². The Bertz CT molecular complexity index is 830. The Kier molecular flexibility index (Phi) is 7.64. The van der Waals surface area contributed by atoms with Crippen LogP contribution < -0.4 is 4.74 Å². The van der Waals surface area contributed by atoms with E-state index in [-0.39, 0.29) is 30.5 Å². The first-order valence-electron chi connectivity index (χ1n) is 8.29. The monoisotopic (exact) mass is 455 g/mol. The quantitative estimate of drug-likeness (QED) is 0.252. The number of halogens is 4. The summed E-state index contributed by atoms with van der Waals surface area (Å²) in [6.07, 6.45) is -6.18. The van der Waals surface area contributed by atoms with Crippen LogP contribution in [0.2, 0.25) is 5.02 Å². The van der Waals surface area contributed by atoms with E-state index in [9.17, 15) is 28.1 Å². The van der Waals surface area contributed by atoms with Crippen molar-refractivity contribution in [3.63, 3.8) is 0 Å². The number of nitrogens with zero attached hydrogens (tertiary/aromatic N) is 1. The molecular formula is C17H17ClF3NO6S. The predicted octanol–water partition coefficient (Wildman–Crippen LogP) is 4.15. The lowest BCUT2D eigenvalue weighted by Gasteiger charge is -2.29. The number of rotatable bonds is 8. The molecule has 0 saturated heterocycles. The number of fused-ring (bicyclic) bond motifs is 1. The second-order valence-electron chi connectivity index (χ2n) is 5.99. The minimum atomic E-state index is -4.82. The van der Waals surface area contributed by atoms with Crippen molar-refractivity contribution in [3.8, 4) is 5.75 Å². The van der Waals surface area contributed by atoms with E-state index in [1.165, 1.54) is 17.8 Å². The summed E-state index contributed by atoms with van der Waals surface area (Å²) in [5.41, 5.74) is 0.671. The van der Waals surface area contributed by atoms with E-state index in [0.717, 1.165) is 6.08 Å². The van der Waals surface area contributed by atoms with Gasteiger partial charge in [0.1, 0.15) is 19.0 Å². The highest BCUT2D eigenvalue weighted by atomic mass is 35.5. The molecule has 1 aliphatic heterocycles. The maximum atomic E-state index is 13.4. The molecule has 0 aromatic heterocycles. The van der Waals surface area contributed by atoms with Gasteiger partial charge in [-0.15, -0.1) is 10.1 Å². The molecule has 1 unspecified atom stereocenters. The maximum Gasteiger partial charge on any atom is 0.430 e. The Morgan fingerprint density at radius 2 is 2.00 bits per heavy atom. The fraction of sp³-hybridized carbons (Fsp3) is 0.471. The van der Waals surface area contributed by atoms with Crippen LogP contribution in [-0.2, 0) is 14.4 Å². The molecule has 1 heterocycles. The van der Waals surface area contributed by atoms with Gasteiger partial charge in [-0.1, -0.05) is 11.6 Å². The van der Waals surface area contributed by atoms with Crippen LogP contribution in [0, 0.1) is 24.0 Å². The lowest BCUT2D eigenvalue weighted by Crippen LogP contribution is -2.41. The summed E-state index contributed by atoms with van der Waals surface area (Å²) in [6.45, 7) is 2.94. The minimum absolute atomic E-state index is 0.00961. The summed E-state index contributed by atoms with van der Waals surface area (Å²) in [5.74, 6) is -0.668. The van der Waals surface area contributed by atoms with Crippen molar-refractivity contribution < 1.29 is 37.4 Å². The van der Waals surface area contributed by atoms with Crippen LogP contribution in [0.5, 0.6) is 5.75 Å². The van der Waals surface area contributed by atoms with Crippen LogP contribution in [0.15, 0.2) is 11.6 Å². The number of alkyl halides is 3. The molecule has 0 saturated carbocycles. The number of thioether (sulfide) groups is 1. The van der Waals surface area contributed by atoms with Gasteiger partial charge in [0.25, 0.3) is 5.09 Å². The molecule has 160 valence electrons. The molecule has 0 bridgehead atoms. The van der Waals surface area contributed by atoms with Gasteiger partial charge in [-0.05, 0) is 37.1 Å². The lowest BCUT2D eigenvalue weighted by molar-refractivity contribution is -0.756. The molecule has 0 fully saturated rings. The van der Waals surface area contributed by atoms with Gasteiger partial charge >= 0.3 is 12.1 Å².